The molecule has 4 heteroatoms. The van der Waals surface area contributed by atoms with Gasteiger partial charge in [-0.2, -0.15) is 0 Å². The minimum atomic E-state index is -0.136. The highest BCUT2D eigenvalue weighted by molar-refractivity contribution is 5.86. The van der Waals surface area contributed by atoms with Crippen molar-refractivity contribution < 1.29 is 4.79 Å². The van der Waals surface area contributed by atoms with Gasteiger partial charge in [-0.05, 0) is 11.6 Å². The van der Waals surface area contributed by atoms with Gasteiger partial charge in [0.15, 0.2) is 0 Å². The van der Waals surface area contributed by atoms with Gasteiger partial charge in [0.2, 0.25) is 5.91 Å². The summed E-state index contributed by atoms with van der Waals surface area (Å²) in [6, 6.07) is 15.3. The SMILES string of the molecule is O=C1[C@@H]2c3cccc(=O)n3C[C@@H]2CN1Cc1ccccc1. The van der Waals surface area contributed by atoms with Crippen molar-refractivity contribution in [2.75, 3.05) is 6.54 Å². The smallest absolute Gasteiger partial charge is 0.250 e. The molecule has 0 saturated carbocycles. The Morgan fingerprint density at radius 3 is 2.57 bits per heavy atom. The number of fused-ring (bicyclic) bond motifs is 3. The summed E-state index contributed by atoms with van der Waals surface area (Å²) in [6.45, 7) is 2.06. The first kappa shape index (κ1) is 12.4. The van der Waals surface area contributed by atoms with Gasteiger partial charge in [-0.25, -0.2) is 0 Å². The first-order chi connectivity index (χ1) is 10.2. The van der Waals surface area contributed by atoms with E-state index in [4.69, 9.17) is 0 Å². The van der Waals surface area contributed by atoms with Crippen molar-refractivity contribution in [1.82, 2.24) is 9.47 Å². The van der Waals surface area contributed by atoms with Crippen LogP contribution in [-0.4, -0.2) is 21.9 Å². The number of nitrogens with zero attached hydrogens (tertiary/aromatic N) is 2. The van der Waals surface area contributed by atoms with Crippen LogP contribution in [0.25, 0.3) is 0 Å². The number of aromatic nitrogens is 1. The van der Waals surface area contributed by atoms with Crippen LogP contribution in [0.5, 0.6) is 0 Å². The minimum Gasteiger partial charge on any atom is -0.337 e. The molecule has 0 radical (unpaired) electrons. The number of rotatable bonds is 2. The maximum absolute atomic E-state index is 12.7. The van der Waals surface area contributed by atoms with E-state index in [1.807, 2.05) is 41.3 Å². The lowest BCUT2D eigenvalue weighted by Crippen LogP contribution is -2.29. The molecule has 21 heavy (non-hydrogen) atoms. The Hall–Kier alpha value is -2.36. The van der Waals surface area contributed by atoms with Crippen LogP contribution in [-0.2, 0) is 17.9 Å². The quantitative estimate of drug-likeness (QED) is 0.838. The van der Waals surface area contributed by atoms with Crippen LogP contribution in [0.1, 0.15) is 17.2 Å². The fourth-order valence-electron chi connectivity index (χ4n) is 3.59. The van der Waals surface area contributed by atoms with Gasteiger partial charge >= 0.3 is 0 Å². The molecule has 4 nitrogen and oxygen atoms in total. The number of carbonyl (C=O) groups excluding carboxylic acids is 1. The number of hydrogen-bond donors (Lipinski definition) is 0. The molecule has 4 rings (SSSR count). The van der Waals surface area contributed by atoms with Crippen LogP contribution in [0.4, 0.5) is 0 Å². The zero-order chi connectivity index (χ0) is 14.4. The van der Waals surface area contributed by atoms with Crippen LogP contribution in [0, 0.1) is 5.92 Å². The average Bonchev–Trinajstić information content (AvgIpc) is 2.99. The molecule has 2 aliphatic heterocycles. The van der Waals surface area contributed by atoms with Crippen LogP contribution in [0.15, 0.2) is 53.3 Å². The fraction of sp³-hybridized carbons (Fsp3) is 0.294. The number of pyridine rings is 1. The third-order valence-corrected chi connectivity index (χ3v) is 4.54. The lowest BCUT2D eigenvalue weighted by Gasteiger charge is -2.18. The van der Waals surface area contributed by atoms with Gasteiger partial charge in [-0.3, -0.25) is 9.59 Å². The molecule has 106 valence electrons. The first-order valence-electron chi connectivity index (χ1n) is 7.26. The average molecular weight is 280 g/mol. The van der Waals surface area contributed by atoms with Crippen molar-refractivity contribution in [1.29, 1.82) is 0 Å². The molecule has 1 aromatic heterocycles. The molecule has 1 saturated heterocycles. The second kappa shape index (κ2) is 4.58. The number of hydrogen-bond acceptors (Lipinski definition) is 2. The summed E-state index contributed by atoms with van der Waals surface area (Å²) < 4.78 is 1.76. The molecule has 2 atom stereocenters. The maximum atomic E-state index is 12.7. The van der Waals surface area contributed by atoms with E-state index in [9.17, 15) is 9.59 Å². The number of amides is 1. The van der Waals surface area contributed by atoms with Crippen LogP contribution >= 0.6 is 0 Å². The topological polar surface area (TPSA) is 42.3 Å². The monoisotopic (exact) mass is 280 g/mol. The lowest BCUT2D eigenvalue weighted by molar-refractivity contribution is -0.129. The largest absolute Gasteiger partial charge is 0.337 e. The Morgan fingerprint density at radius 1 is 0.952 bits per heavy atom. The Balaban J connectivity index is 1.62. The van der Waals surface area contributed by atoms with Gasteiger partial charge in [0, 0.05) is 37.3 Å². The van der Waals surface area contributed by atoms with Crippen molar-refractivity contribution >= 4 is 5.91 Å². The Morgan fingerprint density at radius 2 is 1.76 bits per heavy atom. The van der Waals surface area contributed by atoms with Crippen molar-refractivity contribution in [3.8, 4) is 0 Å². The highest BCUT2D eigenvalue weighted by Gasteiger charge is 2.46. The van der Waals surface area contributed by atoms with Crippen molar-refractivity contribution in [3.63, 3.8) is 0 Å². The van der Waals surface area contributed by atoms with Crippen molar-refractivity contribution in [2.24, 2.45) is 5.92 Å². The zero-order valence-electron chi connectivity index (χ0n) is 11.6. The Labute approximate surface area is 122 Å². The predicted molar refractivity (Wildman–Crippen MR) is 78.8 cm³/mol. The van der Waals surface area contributed by atoms with E-state index >= 15 is 0 Å². The molecule has 1 fully saturated rings. The Bertz CT molecular complexity index is 751. The van der Waals surface area contributed by atoms with Gasteiger partial charge in [0.05, 0.1) is 5.92 Å². The van der Waals surface area contributed by atoms with Crippen LogP contribution in [0.2, 0.25) is 0 Å². The van der Waals surface area contributed by atoms with E-state index < -0.39 is 0 Å². The lowest BCUT2D eigenvalue weighted by atomic mass is 9.96. The van der Waals surface area contributed by atoms with Crippen LogP contribution < -0.4 is 5.56 Å². The van der Waals surface area contributed by atoms with E-state index in [-0.39, 0.29) is 23.3 Å². The predicted octanol–water partition coefficient (Wildman–Crippen LogP) is 1.60. The fourth-order valence-corrected chi connectivity index (χ4v) is 3.59. The summed E-state index contributed by atoms with van der Waals surface area (Å²) in [5, 5.41) is 0. The molecule has 0 N–H and O–H groups in total. The highest BCUT2D eigenvalue weighted by atomic mass is 16.2. The molecule has 3 heterocycles. The minimum absolute atomic E-state index is 0.00399. The molecular weight excluding hydrogens is 264 g/mol. The molecule has 1 aromatic carbocycles. The summed E-state index contributed by atoms with van der Waals surface area (Å²) in [5.74, 6) is 0.250. The number of carbonyl (C=O) groups is 1. The summed E-state index contributed by atoms with van der Waals surface area (Å²) in [5.41, 5.74) is 2.04. The van der Waals surface area contributed by atoms with Crippen molar-refractivity contribution in [2.45, 2.75) is 19.0 Å². The van der Waals surface area contributed by atoms with Gasteiger partial charge < -0.3 is 9.47 Å². The standard InChI is InChI=1S/C17H16N2O2/c20-15-8-4-7-14-16-13(11-19(14)15)10-18(17(16)21)9-12-5-2-1-3-6-12/h1-8,13,16H,9-11H2/t13-,16-/m0/s1. The van der Waals surface area contributed by atoms with E-state index in [1.54, 1.807) is 16.7 Å². The van der Waals surface area contributed by atoms with E-state index in [2.05, 4.69) is 0 Å². The third-order valence-electron chi connectivity index (χ3n) is 4.54. The van der Waals surface area contributed by atoms with Gasteiger partial charge in [0.1, 0.15) is 0 Å². The maximum Gasteiger partial charge on any atom is 0.250 e. The highest BCUT2D eigenvalue weighted by Crippen LogP contribution is 2.39. The van der Waals surface area contributed by atoms with E-state index in [0.29, 0.717) is 13.1 Å². The molecule has 2 aromatic rings. The van der Waals surface area contributed by atoms with Gasteiger partial charge in [-0.15, -0.1) is 0 Å². The summed E-state index contributed by atoms with van der Waals surface area (Å²) >= 11 is 0. The second-order valence-electron chi connectivity index (χ2n) is 5.84. The first-order valence-corrected chi connectivity index (χ1v) is 7.26. The van der Waals surface area contributed by atoms with E-state index in [0.717, 1.165) is 17.8 Å². The zero-order valence-corrected chi connectivity index (χ0v) is 11.6. The number of benzene rings is 1. The number of likely N-dealkylation sites (tertiary alicyclic amines) is 1. The molecular formula is C17H16N2O2. The van der Waals surface area contributed by atoms with E-state index in [1.165, 1.54) is 0 Å². The molecule has 2 aliphatic rings. The summed E-state index contributed by atoms with van der Waals surface area (Å²) in [4.78, 5) is 26.5. The van der Waals surface area contributed by atoms with Crippen LogP contribution in [0.3, 0.4) is 0 Å². The van der Waals surface area contributed by atoms with Gasteiger partial charge in [-0.1, -0.05) is 36.4 Å². The third kappa shape index (κ3) is 1.90. The normalized spacial score (nSPS) is 23.2. The molecule has 1 amide bonds. The Kier molecular flexibility index (Phi) is 2.70. The van der Waals surface area contributed by atoms with Crippen molar-refractivity contribution in [3.05, 3.63) is 70.1 Å². The molecule has 0 aliphatic carbocycles. The second-order valence-corrected chi connectivity index (χ2v) is 5.84. The molecule has 0 unspecified atom stereocenters. The molecule has 0 spiro atoms. The summed E-state index contributed by atoms with van der Waals surface area (Å²) in [7, 11) is 0. The summed E-state index contributed by atoms with van der Waals surface area (Å²) in [6.07, 6.45) is 0. The molecule has 0 bridgehead atoms. The van der Waals surface area contributed by atoms with Gasteiger partial charge in [0.25, 0.3) is 5.56 Å².